The summed E-state index contributed by atoms with van der Waals surface area (Å²) >= 11 is 0. The van der Waals surface area contributed by atoms with E-state index >= 15 is 0 Å². The zero-order chi connectivity index (χ0) is 33.1. The van der Waals surface area contributed by atoms with Gasteiger partial charge in [0.25, 0.3) is 0 Å². The van der Waals surface area contributed by atoms with E-state index in [4.69, 9.17) is 29.4 Å². The number of carbonyl (C=O) groups is 3. The fourth-order valence-electron chi connectivity index (χ4n) is 4.59. The molecular formula is C27H50N4O12. The molecule has 1 aliphatic heterocycles. The summed E-state index contributed by atoms with van der Waals surface area (Å²) in [7, 11) is 0. The van der Waals surface area contributed by atoms with E-state index in [0.717, 1.165) is 0 Å². The molecule has 2 fully saturated rings. The molecule has 1 aliphatic carbocycles. The van der Waals surface area contributed by atoms with Gasteiger partial charge in [0, 0.05) is 6.54 Å². The predicted octanol–water partition coefficient (Wildman–Crippen LogP) is -0.418. The quantitative estimate of drug-likeness (QED) is 0.176. The van der Waals surface area contributed by atoms with Gasteiger partial charge in [0.1, 0.15) is 59.5 Å². The minimum atomic E-state index is -1.75. The van der Waals surface area contributed by atoms with Crippen LogP contribution in [0, 0.1) is 0 Å². The van der Waals surface area contributed by atoms with Crippen LogP contribution < -0.4 is 21.7 Å². The second-order valence-electron chi connectivity index (χ2n) is 13.8. The number of rotatable bonds is 6. The van der Waals surface area contributed by atoms with Crippen LogP contribution in [-0.2, 0) is 23.7 Å². The highest BCUT2D eigenvalue weighted by Gasteiger charge is 2.51. The largest absolute Gasteiger partial charge is 0.444 e. The molecular weight excluding hydrogens is 572 g/mol. The average molecular weight is 623 g/mol. The van der Waals surface area contributed by atoms with E-state index in [2.05, 4.69) is 16.0 Å². The molecule has 1 saturated carbocycles. The first-order valence-corrected chi connectivity index (χ1v) is 14.2. The second-order valence-corrected chi connectivity index (χ2v) is 13.8. The molecule has 43 heavy (non-hydrogen) atoms. The van der Waals surface area contributed by atoms with Crippen molar-refractivity contribution in [3.05, 3.63) is 0 Å². The highest BCUT2D eigenvalue weighted by molar-refractivity contribution is 5.69. The number of aliphatic hydroxyl groups excluding tert-OH is 4. The zero-order valence-corrected chi connectivity index (χ0v) is 26.3. The molecule has 2 rings (SSSR count). The van der Waals surface area contributed by atoms with Gasteiger partial charge in [0.15, 0.2) is 6.29 Å². The normalized spacial score (nSPS) is 33.6. The van der Waals surface area contributed by atoms with Gasteiger partial charge >= 0.3 is 18.3 Å². The maximum atomic E-state index is 12.8. The molecule has 16 nitrogen and oxygen atoms in total. The van der Waals surface area contributed by atoms with Crippen molar-refractivity contribution in [2.24, 2.45) is 5.73 Å². The number of hydrogen-bond acceptors (Lipinski definition) is 13. The molecule has 0 aromatic carbocycles. The van der Waals surface area contributed by atoms with Crippen molar-refractivity contribution in [1.82, 2.24) is 16.0 Å². The van der Waals surface area contributed by atoms with Gasteiger partial charge in [0.05, 0.1) is 12.1 Å². The van der Waals surface area contributed by atoms with Crippen LogP contribution in [-0.4, -0.2) is 123 Å². The lowest BCUT2D eigenvalue weighted by atomic mass is 9.83. The molecule has 3 amide bonds. The lowest BCUT2D eigenvalue weighted by Crippen LogP contribution is -2.69. The van der Waals surface area contributed by atoms with E-state index in [1.807, 2.05) is 0 Å². The Morgan fingerprint density at radius 3 is 1.58 bits per heavy atom. The van der Waals surface area contributed by atoms with Gasteiger partial charge < -0.3 is 65.8 Å². The van der Waals surface area contributed by atoms with Crippen molar-refractivity contribution in [3.63, 3.8) is 0 Å². The van der Waals surface area contributed by atoms with Crippen LogP contribution in [0.5, 0.6) is 0 Å². The van der Waals surface area contributed by atoms with Crippen molar-refractivity contribution in [2.75, 3.05) is 6.54 Å². The molecule has 250 valence electrons. The number of amides is 3. The molecule has 0 radical (unpaired) electrons. The summed E-state index contributed by atoms with van der Waals surface area (Å²) in [5.41, 5.74) is 3.08. The van der Waals surface area contributed by atoms with Gasteiger partial charge in [-0.25, -0.2) is 14.4 Å². The Morgan fingerprint density at radius 2 is 1.14 bits per heavy atom. The Bertz CT molecular complexity index is 963. The Morgan fingerprint density at radius 1 is 0.698 bits per heavy atom. The van der Waals surface area contributed by atoms with Gasteiger partial charge in [-0.15, -0.1) is 0 Å². The van der Waals surface area contributed by atoms with E-state index in [-0.39, 0.29) is 13.0 Å². The zero-order valence-electron chi connectivity index (χ0n) is 26.3. The van der Waals surface area contributed by atoms with Crippen molar-refractivity contribution in [3.8, 4) is 0 Å². The Labute approximate surface area is 251 Å². The molecule has 10 atom stereocenters. The molecule has 0 spiro atoms. The highest BCUT2D eigenvalue weighted by atomic mass is 16.7. The predicted molar refractivity (Wildman–Crippen MR) is 151 cm³/mol. The monoisotopic (exact) mass is 622 g/mol. The maximum absolute atomic E-state index is 12.8. The van der Waals surface area contributed by atoms with Crippen LogP contribution in [0.1, 0.15) is 68.7 Å². The number of hydrogen-bond donors (Lipinski definition) is 8. The number of carbonyl (C=O) groups excluding carboxylic acids is 3. The summed E-state index contributed by atoms with van der Waals surface area (Å²) in [6.45, 7) is 14.5. The molecule has 0 unspecified atom stereocenters. The molecule has 16 heteroatoms. The third-order valence-corrected chi connectivity index (χ3v) is 6.32. The SMILES string of the molecule is CC(C)(C)OC(=O)N[C@H]1[C@@H](O[C@H]2[C@H](O)[C@@H](O)[C@H](NC(=O)OC(C)(C)C)C[C@@H]2NC(=O)OC(C)(C)C)O[C@H](CN)[C@@H](O)[C@@H]1O. The van der Waals surface area contributed by atoms with Gasteiger partial charge in [-0.2, -0.15) is 0 Å². The van der Waals surface area contributed by atoms with E-state index in [1.165, 1.54) is 0 Å². The molecule has 9 N–H and O–H groups in total. The highest BCUT2D eigenvalue weighted by Crippen LogP contribution is 2.30. The third kappa shape index (κ3) is 11.2. The Balaban J connectivity index is 2.39. The van der Waals surface area contributed by atoms with Crippen LogP contribution in [0.2, 0.25) is 0 Å². The minimum absolute atomic E-state index is 0.163. The van der Waals surface area contributed by atoms with Crippen molar-refractivity contribution in [1.29, 1.82) is 0 Å². The molecule has 1 heterocycles. The standard InChI is InChI=1S/C27H50N4O12/c1-25(2,3)41-22(36)29-12-10-13(30-23(37)42-26(4,5)6)20(19(35)16(12)32)40-21-15(31-24(38)43-27(7,8)9)18(34)17(33)14(11-28)39-21/h12-21,32-35H,10-11,28H2,1-9H3,(H,29,36)(H,30,37)(H,31,38)/t12-,13+,14-,15-,16+,17-,18-,19-,20-,21-/m1/s1. The van der Waals surface area contributed by atoms with Crippen LogP contribution >= 0.6 is 0 Å². The third-order valence-electron chi connectivity index (χ3n) is 6.32. The van der Waals surface area contributed by atoms with Gasteiger partial charge in [-0.05, 0) is 68.7 Å². The lowest BCUT2D eigenvalue weighted by molar-refractivity contribution is -0.292. The number of alkyl carbamates (subject to hydrolysis) is 3. The topological polar surface area (TPSA) is 240 Å². The van der Waals surface area contributed by atoms with E-state index in [9.17, 15) is 34.8 Å². The maximum Gasteiger partial charge on any atom is 0.408 e. The lowest BCUT2D eigenvalue weighted by Gasteiger charge is -2.47. The first-order valence-electron chi connectivity index (χ1n) is 14.2. The first-order chi connectivity index (χ1) is 19.5. The summed E-state index contributed by atoms with van der Waals surface area (Å²) < 4.78 is 27.7. The van der Waals surface area contributed by atoms with Crippen molar-refractivity contribution < 1.29 is 58.5 Å². The van der Waals surface area contributed by atoms with Crippen LogP contribution in [0.4, 0.5) is 14.4 Å². The molecule has 0 aromatic heterocycles. The number of nitrogens with one attached hydrogen (secondary N) is 3. The van der Waals surface area contributed by atoms with Crippen LogP contribution in [0.25, 0.3) is 0 Å². The summed E-state index contributed by atoms with van der Waals surface area (Å²) in [6.07, 6.45) is -13.5. The molecule has 1 saturated heterocycles. The first kappa shape index (κ1) is 36.7. The van der Waals surface area contributed by atoms with Crippen LogP contribution in [0.3, 0.4) is 0 Å². The van der Waals surface area contributed by atoms with Gasteiger partial charge in [0.2, 0.25) is 0 Å². The second kappa shape index (κ2) is 14.1. The van der Waals surface area contributed by atoms with E-state index in [1.54, 1.807) is 62.3 Å². The smallest absolute Gasteiger partial charge is 0.408 e. The molecule has 0 aromatic rings. The summed E-state index contributed by atoms with van der Waals surface area (Å²) in [4.78, 5) is 37.8. The fraction of sp³-hybridized carbons (Fsp3) is 0.889. The average Bonchev–Trinajstić information content (AvgIpc) is 2.80. The Kier molecular flexibility index (Phi) is 12.0. The van der Waals surface area contributed by atoms with E-state index < -0.39 is 96.1 Å². The van der Waals surface area contributed by atoms with E-state index in [0.29, 0.717) is 0 Å². The number of nitrogens with two attached hydrogens (primary N) is 1. The number of aliphatic hydroxyl groups is 4. The molecule has 2 aliphatic rings. The fourth-order valence-corrected chi connectivity index (χ4v) is 4.59. The molecule has 0 bridgehead atoms. The summed E-state index contributed by atoms with van der Waals surface area (Å²) in [5.74, 6) is 0. The van der Waals surface area contributed by atoms with Crippen LogP contribution in [0.15, 0.2) is 0 Å². The van der Waals surface area contributed by atoms with Gasteiger partial charge in [-0.3, -0.25) is 0 Å². The van der Waals surface area contributed by atoms with Crippen molar-refractivity contribution >= 4 is 18.3 Å². The Hall–Kier alpha value is -2.47. The summed E-state index contributed by atoms with van der Waals surface area (Å²) in [6, 6.07) is -3.65. The van der Waals surface area contributed by atoms with Gasteiger partial charge in [-0.1, -0.05) is 0 Å². The number of ether oxygens (including phenoxy) is 5. The minimum Gasteiger partial charge on any atom is -0.444 e. The van der Waals surface area contributed by atoms with Crippen molar-refractivity contribution in [2.45, 2.75) is 147 Å². The summed E-state index contributed by atoms with van der Waals surface area (Å²) in [5, 5.41) is 51.1.